The van der Waals surface area contributed by atoms with Gasteiger partial charge in [0.25, 0.3) is 0 Å². The largest absolute Gasteiger partial charge is 0.488 e. The summed E-state index contributed by atoms with van der Waals surface area (Å²) in [6, 6.07) is 15.5. The summed E-state index contributed by atoms with van der Waals surface area (Å²) < 4.78 is 17.6. The molecule has 0 aliphatic carbocycles. The summed E-state index contributed by atoms with van der Waals surface area (Å²) in [6.07, 6.45) is 6.17. The average Bonchev–Trinajstić information content (AvgIpc) is 4.01. The molecule has 5 heterocycles. The smallest absolute Gasteiger partial charge is 0.228 e. The second-order valence-electron chi connectivity index (χ2n) is 16.5. The molecule has 2 saturated heterocycles. The first-order valence-electron chi connectivity index (χ1n) is 19.9. The molecular formula is C45H54N4O5. The molecule has 6 atom stereocenters. The molecule has 0 aromatic heterocycles. The van der Waals surface area contributed by atoms with E-state index in [1.807, 2.05) is 24.9 Å². The van der Waals surface area contributed by atoms with Crippen LogP contribution in [0.4, 0.5) is 5.69 Å². The Morgan fingerprint density at radius 3 is 2.50 bits per heavy atom. The molecule has 284 valence electrons. The van der Waals surface area contributed by atoms with E-state index in [-0.39, 0.29) is 47.8 Å². The highest BCUT2D eigenvalue weighted by molar-refractivity contribution is 6.07. The highest BCUT2D eigenvalue weighted by Crippen LogP contribution is 2.45. The topological polar surface area (TPSA) is 93.0 Å². The summed E-state index contributed by atoms with van der Waals surface area (Å²) in [5, 5.41) is 2.31. The van der Waals surface area contributed by atoms with Crippen molar-refractivity contribution in [3.63, 3.8) is 0 Å². The van der Waals surface area contributed by atoms with Gasteiger partial charge in [-0.3, -0.25) is 19.6 Å². The molecule has 0 saturated carbocycles. The molecule has 1 unspecified atom stereocenters. The molecule has 5 aliphatic rings. The molecule has 2 fully saturated rings. The first kappa shape index (κ1) is 36.6. The number of nitrogens with zero attached hydrogens (tertiary/aromatic N) is 4. The van der Waals surface area contributed by atoms with Crippen molar-refractivity contribution in [1.29, 1.82) is 0 Å². The van der Waals surface area contributed by atoms with Crippen LogP contribution < -0.4 is 4.74 Å². The third-order valence-corrected chi connectivity index (χ3v) is 13.0. The Labute approximate surface area is 319 Å². The van der Waals surface area contributed by atoms with Crippen molar-refractivity contribution in [1.82, 2.24) is 9.80 Å². The zero-order valence-corrected chi connectivity index (χ0v) is 32.9. The molecule has 3 aromatic rings. The Bertz CT molecular complexity index is 2080. The fraction of sp³-hybridized carbons (Fsp3) is 0.511. The van der Waals surface area contributed by atoms with E-state index in [9.17, 15) is 9.59 Å². The van der Waals surface area contributed by atoms with E-state index in [0.29, 0.717) is 32.1 Å². The molecule has 9 nitrogen and oxygen atoms in total. The van der Waals surface area contributed by atoms with Crippen LogP contribution in [0, 0.1) is 23.7 Å². The number of likely N-dealkylation sites (tertiary alicyclic amines) is 2. The van der Waals surface area contributed by atoms with Gasteiger partial charge in [-0.25, -0.2) is 0 Å². The molecule has 0 N–H and O–H groups in total. The lowest BCUT2D eigenvalue weighted by Crippen LogP contribution is -2.45. The van der Waals surface area contributed by atoms with Gasteiger partial charge in [-0.2, -0.15) is 0 Å². The Morgan fingerprint density at radius 2 is 1.72 bits per heavy atom. The number of ether oxygens (including phenoxy) is 3. The van der Waals surface area contributed by atoms with E-state index < -0.39 is 0 Å². The number of hydrogen-bond acceptors (Lipinski definition) is 7. The SMILES string of the molecule is COC[C@H]1C[C@@H](C2=Nc3ccc4cc5c(cc4c3C2)OCc2cc(C3=CN=C([C@@H]4CCCN4C(=O)[C@@H](C)C(C)C)C3)ccc2-5)N(C(=O)C(C)[C@@H](C)OC)C1. The minimum Gasteiger partial charge on any atom is -0.488 e. The molecule has 9 heteroatoms. The van der Waals surface area contributed by atoms with E-state index >= 15 is 0 Å². The van der Waals surface area contributed by atoms with E-state index in [2.05, 4.69) is 68.1 Å². The molecular weight excluding hydrogens is 677 g/mol. The lowest BCUT2D eigenvalue weighted by molar-refractivity contribution is -0.139. The number of aliphatic imine (C=N–C) groups is 2. The maximum Gasteiger partial charge on any atom is 0.228 e. The maximum atomic E-state index is 13.8. The number of rotatable bonds is 10. The van der Waals surface area contributed by atoms with E-state index in [4.69, 9.17) is 24.2 Å². The highest BCUT2D eigenvalue weighted by Gasteiger charge is 2.42. The number of fused-ring (bicyclic) bond motifs is 6. The van der Waals surface area contributed by atoms with Crippen LogP contribution in [-0.4, -0.2) is 85.1 Å². The molecule has 0 bridgehead atoms. The second-order valence-corrected chi connectivity index (χ2v) is 16.5. The maximum absolute atomic E-state index is 13.8. The number of allylic oxidation sites excluding steroid dienone is 1. The van der Waals surface area contributed by atoms with Crippen molar-refractivity contribution in [2.75, 3.05) is 33.9 Å². The normalized spacial score (nSPS) is 23.4. The lowest BCUT2D eigenvalue weighted by atomic mass is 9.89. The number of carbonyl (C=O) groups excluding carboxylic acids is 2. The predicted molar refractivity (Wildman–Crippen MR) is 214 cm³/mol. The summed E-state index contributed by atoms with van der Waals surface area (Å²) >= 11 is 0. The van der Waals surface area contributed by atoms with Gasteiger partial charge in [-0.05, 0) is 95.0 Å². The molecule has 3 aromatic carbocycles. The van der Waals surface area contributed by atoms with Gasteiger partial charge >= 0.3 is 0 Å². The van der Waals surface area contributed by atoms with Gasteiger partial charge in [0, 0.05) is 75.2 Å². The fourth-order valence-electron chi connectivity index (χ4n) is 9.18. The van der Waals surface area contributed by atoms with Crippen molar-refractivity contribution in [3.05, 3.63) is 65.4 Å². The minimum absolute atomic E-state index is 0.0149. The number of amides is 2. The molecule has 0 radical (unpaired) electrons. The Kier molecular flexibility index (Phi) is 9.98. The molecule has 0 spiro atoms. The van der Waals surface area contributed by atoms with Crippen LogP contribution in [0.2, 0.25) is 0 Å². The third kappa shape index (κ3) is 6.47. The van der Waals surface area contributed by atoms with Crippen LogP contribution in [-0.2, 0) is 32.1 Å². The van der Waals surface area contributed by atoms with Crippen LogP contribution in [0.15, 0.2) is 58.6 Å². The van der Waals surface area contributed by atoms with Gasteiger partial charge in [-0.1, -0.05) is 45.9 Å². The summed E-state index contributed by atoms with van der Waals surface area (Å²) in [4.78, 5) is 41.2. The van der Waals surface area contributed by atoms with Crippen LogP contribution >= 0.6 is 0 Å². The van der Waals surface area contributed by atoms with Crippen LogP contribution in [0.25, 0.3) is 27.5 Å². The van der Waals surface area contributed by atoms with Gasteiger partial charge in [0.05, 0.1) is 36.4 Å². The first-order valence-corrected chi connectivity index (χ1v) is 19.9. The number of hydrogen-bond donors (Lipinski definition) is 0. The van der Waals surface area contributed by atoms with E-state index in [0.717, 1.165) is 82.6 Å². The van der Waals surface area contributed by atoms with Crippen molar-refractivity contribution in [3.8, 4) is 16.9 Å². The number of methoxy groups -OCH3 is 2. The van der Waals surface area contributed by atoms with E-state index in [1.54, 1.807) is 14.2 Å². The van der Waals surface area contributed by atoms with Gasteiger partial charge < -0.3 is 24.0 Å². The number of benzene rings is 3. The second kappa shape index (κ2) is 14.7. The number of carbonyl (C=O) groups is 2. The fourth-order valence-corrected chi connectivity index (χ4v) is 9.18. The molecule has 54 heavy (non-hydrogen) atoms. The van der Waals surface area contributed by atoms with Crippen LogP contribution in [0.5, 0.6) is 5.75 Å². The van der Waals surface area contributed by atoms with Gasteiger partial charge in [0.1, 0.15) is 12.4 Å². The van der Waals surface area contributed by atoms with Gasteiger partial charge in [0.15, 0.2) is 0 Å². The molecule has 8 rings (SSSR count). The molecule has 5 aliphatic heterocycles. The summed E-state index contributed by atoms with van der Waals surface area (Å²) in [7, 11) is 3.39. The summed E-state index contributed by atoms with van der Waals surface area (Å²) in [5.74, 6) is 1.61. The predicted octanol–water partition coefficient (Wildman–Crippen LogP) is 8.03. The quantitative estimate of drug-likeness (QED) is 0.211. The van der Waals surface area contributed by atoms with Crippen molar-refractivity contribution < 1.29 is 23.8 Å². The summed E-state index contributed by atoms with van der Waals surface area (Å²) in [6.45, 7) is 12.8. The van der Waals surface area contributed by atoms with Crippen LogP contribution in [0.1, 0.15) is 77.0 Å². The Morgan fingerprint density at radius 1 is 0.907 bits per heavy atom. The van der Waals surface area contributed by atoms with Crippen molar-refractivity contribution in [2.45, 2.75) is 91.5 Å². The third-order valence-electron chi connectivity index (χ3n) is 13.0. The standard InChI is InChI=1S/C45H54N4O5/c1-25(2)26(3)44(50)48-14-8-9-41(48)39-18-32(21-46-39)30-10-12-34-33(16-30)24-54-43-20-35-31(17-37(34)43)11-13-38-36(35)19-40(47-38)42-15-29(23-52-6)22-49(42)45(51)27(4)28(5)53-7/h10-13,16-17,20-21,25-29,41-42H,8-9,14-15,18-19,22-24H2,1-7H3/t26-,27?,28+,29-,41-,42-/m0/s1. The highest BCUT2D eigenvalue weighted by atomic mass is 16.5. The Balaban J connectivity index is 1.00. The van der Waals surface area contributed by atoms with Crippen molar-refractivity contribution in [2.24, 2.45) is 33.7 Å². The van der Waals surface area contributed by atoms with Crippen LogP contribution in [0.3, 0.4) is 0 Å². The van der Waals surface area contributed by atoms with Gasteiger partial charge in [0.2, 0.25) is 11.8 Å². The molecule has 2 amide bonds. The van der Waals surface area contributed by atoms with E-state index in [1.165, 1.54) is 16.7 Å². The summed E-state index contributed by atoms with van der Waals surface area (Å²) in [5.41, 5.74) is 10.1. The average molecular weight is 731 g/mol. The van der Waals surface area contributed by atoms with Gasteiger partial charge in [-0.15, -0.1) is 0 Å². The Hall–Kier alpha value is -4.34. The lowest BCUT2D eigenvalue weighted by Gasteiger charge is -2.29. The van der Waals surface area contributed by atoms with Crippen molar-refractivity contribution >= 4 is 45.3 Å². The zero-order valence-electron chi connectivity index (χ0n) is 32.9. The first-order chi connectivity index (χ1) is 26.1. The zero-order chi connectivity index (χ0) is 37.8. The minimum atomic E-state index is -0.245. The monoisotopic (exact) mass is 730 g/mol.